The van der Waals surface area contributed by atoms with Crippen LogP contribution >= 0.6 is 0 Å². The minimum Gasteiger partial charge on any atom is -0.504 e. The van der Waals surface area contributed by atoms with Crippen LogP contribution in [0.15, 0.2) is 47.4 Å². The Hall–Kier alpha value is -2.05. The van der Waals surface area contributed by atoms with Gasteiger partial charge in [-0.25, -0.2) is 0 Å². The van der Waals surface area contributed by atoms with Gasteiger partial charge in [0.05, 0.1) is 4.90 Å². The number of hydrogen-bond donors (Lipinski definition) is 2. The zero-order valence-corrected chi connectivity index (χ0v) is 19.4. The number of unbranched alkanes of at least 4 members (excludes halogenated alkanes) is 10. The Kier molecular flexibility index (Phi) is 10.9. The summed E-state index contributed by atoms with van der Waals surface area (Å²) in [5.41, 5.74) is 0.819. The molecule has 172 valence electrons. The standard InChI is InChI=1S/C25H36O5S/c1-2-3-4-5-6-7-8-9-10-11-12-15-21-16-13-19-24(25(21)26)30-22-17-14-18-23(20-22)31(27,28)29/h13-14,16-20,26H,2-12,15H2,1H3,(H,27,28,29). The number of benzene rings is 2. The van der Waals surface area contributed by atoms with Crippen LogP contribution in [-0.4, -0.2) is 18.1 Å². The summed E-state index contributed by atoms with van der Waals surface area (Å²) in [4.78, 5) is -0.249. The molecule has 0 aliphatic heterocycles. The smallest absolute Gasteiger partial charge is 0.294 e. The Bertz CT molecular complexity index is 893. The Morgan fingerprint density at radius 2 is 1.39 bits per heavy atom. The highest BCUT2D eigenvalue weighted by molar-refractivity contribution is 7.85. The summed E-state index contributed by atoms with van der Waals surface area (Å²) < 4.78 is 37.4. The molecule has 0 unspecified atom stereocenters. The number of phenols is 1. The number of hydrogen-bond acceptors (Lipinski definition) is 4. The molecule has 2 rings (SSSR count). The zero-order chi connectivity index (χ0) is 22.5. The molecule has 0 fully saturated rings. The molecule has 2 aromatic rings. The molecule has 0 atom stereocenters. The van der Waals surface area contributed by atoms with Crippen LogP contribution in [0.3, 0.4) is 0 Å². The number of rotatable bonds is 15. The summed E-state index contributed by atoms with van der Waals surface area (Å²) in [6.07, 6.45) is 14.8. The van der Waals surface area contributed by atoms with E-state index in [0.717, 1.165) is 24.8 Å². The maximum Gasteiger partial charge on any atom is 0.294 e. The Morgan fingerprint density at radius 1 is 0.806 bits per heavy atom. The van der Waals surface area contributed by atoms with Crippen LogP contribution in [0.1, 0.15) is 83.1 Å². The normalized spacial score (nSPS) is 11.5. The van der Waals surface area contributed by atoms with Crippen molar-refractivity contribution in [2.75, 3.05) is 0 Å². The van der Waals surface area contributed by atoms with Crippen LogP contribution in [-0.2, 0) is 16.5 Å². The molecule has 0 aliphatic rings. The van der Waals surface area contributed by atoms with E-state index in [9.17, 15) is 18.1 Å². The van der Waals surface area contributed by atoms with Crippen LogP contribution in [0.4, 0.5) is 0 Å². The first-order chi connectivity index (χ1) is 14.9. The fourth-order valence-electron chi connectivity index (χ4n) is 3.66. The lowest BCUT2D eigenvalue weighted by molar-refractivity contribution is 0.405. The fraction of sp³-hybridized carbons (Fsp3) is 0.520. The van der Waals surface area contributed by atoms with Crippen molar-refractivity contribution in [1.29, 1.82) is 0 Å². The Morgan fingerprint density at radius 3 is 2.00 bits per heavy atom. The van der Waals surface area contributed by atoms with E-state index < -0.39 is 10.1 Å². The minimum atomic E-state index is -4.31. The van der Waals surface area contributed by atoms with E-state index in [1.165, 1.54) is 76.0 Å². The molecule has 31 heavy (non-hydrogen) atoms. The molecule has 0 aliphatic carbocycles. The number of aryl methyl sites for hydroxylation is 1. The third-order valence-electron chi connectivity index (χ3n) is 5.46. The summed E-state index contributed by atoms with van der Waals surface area (Å²) in [6.45, 7) is 2.24. The van der Waals surface area contributed by atoms with Gasteiger partial charge in [0.2, 0.25) is 0 Å². The zero-order valence-electron chi connectivity index (χ0n) is 18.6. The van der Waals surface area contributed by atoms with Crippen LogP contribution in [0.5, 0.6) is 17.2 Å². The maximum absolute atomic E-state index is 11.3. The molecular weight excluding hydrogens is 412 g/mol. The second-order valence-electron chi connectivity index (χ2n) is 8.10. The van der Waals surface area contributed by atoms with E-state index in [2.05, 4.69) is 6.92 Å². The molecule has 0 aromatic heterocycles. The third kappa shape index (κ3) is 9.32. The van der Waals surface area contributed by atoms with Gasteiger partial charge in [-0.05, 0) is 36.6 Å². The largest absolute Gasteiger partial charge is 0.504 e. The van der Waals surface area contributed by atoms with Crippen molar-refractivity contribution in [2.45, 2.75) is 88.9 Å². The second-order valence-corrected chi connectivity index (χ2v) is 9.52. The lowest BCUT2D eigenvalue weighted by Gasteiger charge is -2.11. The summed E-state index contributed by atoms with van der Waals surface area (Å²) >= 11 is 0. The van der Waals surface area contributed by atoms with E-state index in [-0.39, 0.29) is 22.1 Å². The molecule has 5 nitrogen and oxygen atoms in total. The summed E-state index contributed by atoms with van der Waals surface area (Å²) in [5.74, 6) is 0.581. The van der Waals surface area contributed by atoms with Gasteiger partial charge in [0.15, 0.2) is 11.5 Å². The van der Waals surface area contributed by atoms with Gasteiger partial charge in [0.1, 0.15) is 5.75 Å². The van der Waals surface area contributed by atoms with Crippen molar-refractivity contribution in [3.8, 4) is 17.2 Å². The SMILES string of the molecule is CCCCCCCCCCCCCc1cccc(Oc2cccc(S(=O)(=O)O)c2)c1O. The van der Waals surface area contributed by atoms with Crippen molar-refractivity contribution in [1.82, 2.24) is 0 Å². The van der Waals surface area contributed by atoms with Gasteiger partial charge in [-0.15, -0.1) is 0 Å². The fourth-order valence-corrected chi connectivity index (χ4v) is 4.17. The topological polar surface area (TPSA) is 83.8 Å². The molecule has 0 saturated heterocycles. The average Bonchev–Trinajstić information content (AvgIpc) is 2.74. The number of phenolic OH excluding ortho intramolecular Hbond substituents is 1. The van der Waals surface area contributed by atoms with E-state index in [1.54, 1.807) is 12.1 Å². The monoisotopic (exact) mass is 448 g/mol. The van der Waals surface area contributed by atoms with E-state index in [4.69, 9.17) is 4.74 Å². The van der Waals surface area contributed by atoms with Crippen LogP contribution in [0.25, 0.3) is 0 Å². The molecule has 2 aromatic carbocycles. The molecule has 0 amide bonds. The quantitative estimate of drug-likeness (QED) is 0.221. The van der Waals surface area contributed by atoms with Gasteiger partial charge in [0.25, 0.3) is 10.1 Å². The van der Waals surface area contributed by atoms with E-state index in [0.29, 0.717) is 0 Å². The number of para-hydroxylation sites is 1. The summed E-state index contributed by atoms with van der Waals surface area (Å²) in [7, 11) is -4.31. The van der Waals surface area contributed by atoms with E-state index in [1.807, 2.05) is 12.1 Å². The molecule has 0 radical (unpaired) electrons. The van der Waals surface area contributed by atoms with Gasteiger partial charge < -0.3 is 9.84 Å². The second kappa shape index (κ2) is 13.4. The highest BCUT2D eigenvalue weighted by atomic mass is 32.2. The minimum absolute atomic E-state index is 0.0758. The van der Waals surface area contributed by atoms with E-state index >= 15 is 0 Å². The number of ether oxygens (including phenoxy) is 1. The lowest BCUT2D eigenvalue weighted by atomic mass is 10.0. The third-order valence-corrected chi connectivity index (χ3v) is 6.31. The number of aromatic hydroxyl groups is 1. The molecule has 6 heteroatoms. The lowest BCUT2D eigenvalue weighted by Crippen LogP contribution is -1.98. The predicted molar refractivity (Wildman–Crippen MR) is 125 cm³/mol. The molecule has 0 heterocycles. The van der Waals surface area contributed by atoms with Crippen LogP contribution in [0.2, 0.25) is 0 Å². The summed E-state index contributed by atoms with van der Waals surface area (Å²) in [5, 5.41) is 10.5. The van der Waals surface area contributed by atoms with Crippen LogP contribution < -0.4 is 4.74 Å². The highest BCUT2D eigenvalue weighted by Gasteiger charge is 2.13. The van der Waals surface area contributed by atoms with Gasteiger partial charge in [-0.2, -0.15) is 8.42 Å². The van der Waals surface area contributed by atoms with Crippen molar-refractivity contribution in [3.05, 3.63) is 48.0 Å². The summed E-state index contributed by atoms with van der Waals surface area (Å²) in [6, 6.07) is 10.9. The average molecular weight is 449 g/mol. The Labute approximate surface area is 187 Å². The van der Waals surface area contributed by atoms with Crippen LogP contribution in [0, 0.1) is 0 Å². The van der Waals surface area contributed by atoms with Crippen molar-refractivity contribution in [2.24, 2.45) is 0 Å². The van der Waals surface area contributed by atoms with Gasteiger partial charge in [-0.3, -0.25) is 4.55 Å². The molecule has 0 spiro atoms. The van der Waals surface area contributed by atoms with Crippen molar-refractivity contribution < 1.29 is 22.8 Å². The predicted octanol–water partition coefficient (Wildman–Crippen LogP) is 7.28. The molecular formula is C25H36O5S. The first-order valence-corrected chi connectivity index (χ1v) is 12.9. The first kappa shape index (κ1) is 25.2. The van der Waals surface area contributed by atoms with Crippen molar-refractivity contribution >= 4 is 10.1 Å². The Balaban J connectivity index is 1.75. The van der Waals surface area contributed by atoms with Gasteiger partial charge in [0, 0.05) is 6.07 Å². The van der Waals surface area contributed by atoms with Gasteiger partial charge in [-0.1, -0.05) is 89.3 Å². The first-order valence-electron chi connectivity index (χ1n) is 11.5. The molecule has 0 bridgehead atoms. The molecule has 2 N–H and O–H groups in total. The maximum atomic E-state index is 11.3. The highest BCUT2D eigenvalue weighted by Crippen LogP contribution is 2.35. The van der Waals surface area contributed by atoms with Crippen molar-refractivity contribution in [3.63, 3.8) is 0 Å². The van der Waals surface area contributed by atoms with Gasteiger partial charge >= 0.3 is 0 Å². The molecule has 0 saturated carbocycles.